The smallest absolute Gasteiger partial charge is 0.281 e. The number of anilines is 1. The molecule has 4 aromatic rings. The third kappa shape index (κ3) is 5.24. The maximum Gasteiger partial charge on any atom is 0.281 e. The number of rotatable bonds is 5. The van der Waals surface area contributed by atoms with Crippen LogP contribution < -0.4 is 15.8 Å². The molecule has 2 unspecified atom stereocenters. The molecule has 2 atom stereocenters. The number of aromatic nitrogens is 2. The van der Waals surface area contributed by atoms with Gasteiger partial charge < -0.3 is 15.1 Å². The highest BCUT2D eigenvalue weighted by Gasteiger charge is 2.47. The molecule has 54 heavy (non-hydrogen) atoms. The Kier molecular flexibility index (Phi) is 8.14. The molecule has 3 aromatic carbocycles. The quantitative estimate of drug-likeness (QED) is 0.237. The number of fused-ring (bicyclic) bond motifs is 8. The third-order valence-corrected chi connectivity index (χ3v) is 14.2. The Labute approximate surface area is 323 Å². The summed E-state index contributed by atoms with van der Waals surface area (Å²) in [7, 11) is 0. The summed E-state index contributed by atoms with van der Waals surface area (Å²) >= 11 is 3.64. The lowest BCUT2D eigenvalue weighted by atomic mass is 9.69. The molecule has 10 nitrogen and oxygen atoms in total. The van der Waals surface area contributed by atoms with Gasteiger partial charge in [-0.25, -0.2) is 0 Å². The van der Waals surface area contributed by atoms with Crippen molar-refractivity contribution in [1.82, 2.24) is 24.7 Å². The molecule has 10 rings (SSSR count). The van der Waals surface area contributed by atoms with Gasteiger partial charge in [0.2, 0.25) is 5.91 Å². The topological polar surface area (TPSA) is 108 Å². The van der Waals surface area contributed by atoms with Crippen LogP contribution in [-0.4, -0.2) is 81.9 Å². The number of hydrogen-bond acceptors (Lipinski definition) is 7. The second-order valence-electron chi connectivity index (χ2n) is 16.6. The monoisotopic (exact) mass is 788 g/mol. The van der Waals surface area contributed by atoms with Gasteiger partial charge in [-0.05, 0) is 121 Å². The molecule has 6 aliphatic rings. The summed E-state index contributed by atoms with van der Waals surface area (Å²) in [5.74, 6) is 1.43. The normalized spacial score (nSPS) is 24.1. The molecule has 0 bridgehead atoms. The van der Waals surface area contributed by atoms with E-state index < -0.39 is 0 Å². The lowest BCUT2D eigenvalue weighted by Crippen LogP contribution is -2.55. The van der Waals surface area contributed by atoms with E-state index in [4.69, 9.17) is 4.98 Å². The number of benzene rings is 3. The van der Waals surface area contributed by atoms with E-state index in [9.17, 15) is 19.2 Å². The van der Waals surface area contributed by atoms with E-state index >= 15 is 0 Å². The number of likely N-dealkylation sites (tertiary alicyclic amines) is 1. The Balaban J connectivity index is 0.803. The van der Waals surface area contributed by atoms with Crippen molar-refractivity contribution < 1.29 is 14.4 Å². The van der Waals surface area contributed by atoms with Crippen LogP contribution >= 0.6 is 15.9 Å². The van der Waals surface area contributed by atoms with Gasteiger partial charge in [0, 0.05) is 48.2 Å². The predicted molar refractivity (Wildman–Crippen MR) is 211 cm³/mol. The van der Waals surface area contributed by atoms with Crippen molar-refractivity contribution in [3.05, 3.63) is 97.5 Å². The minimum absolute atomic E-state index is 0.0340. The summed E-state index contributed by atoms with van der Waals surface area (Å²) in [6.07, 6.45) is 8.65. The number of halogens is 1. The molecule has 1 aromatic heterocycles. The van der Waals surface area contributed by atoms with Crippen molar-refractivity contribution in [2.45, 2.75) is 88.1 Å². The Bertz CT molecular complexity index is 2300. The first-order chi connectivity index (χ1) is 26.2. The fourth-order valence-corrected chi connectivity index (χ4v) is 11.2. The summed E-state index contributed by atoms with van der Waals surface area (Å²) < 4.78 is 3.11. The van der Waals surface area contributed by atoms with Crippen molar-refractivity contribution >= 4 is 50.2 Å². The predicted octanol–water partition coefficient (Wildman–Crippen LogP) is 6.29. The van der Waals surface area contributed by atoms with Crippen LogP contribution in [0.3, 0.4) is 0 Å². The SMILES string of the molecule is CC1NC(=O)CCC1N1C(=O)c2ccc(N3CC(CN4CCC(c5ccc6c(c5)-n5c(nc(=O)c7c(Br)cccc75)C65CCCCC5)CC4)C3)cc2C1=O. The summed E-state index contributed by atoms with van der Waals surface area (Å²) in [4.78, 5) is 63.1. The minimum Gasteiger partial charge on any atom is -0.371 e. The highest BCUT2D eigenvalue weighted by molar-refractivity contribution is 9.10. The van der Waals surface area contributed by atoms with Crippen LogP contribution in [0.2, 0.25) is 0 Å². The van der Waals surface area contributed by atoms with E-state index in [0.29, 0.717) is 41.2 Å². The first-order valence-electron chi connectivity index (χ1n) is 19.9. The first kappa shape index (κ1) is 34.2. The van der Waals surface area contributed by atoms with E-state index in [0.717, 1.165) is 92.7 Å². The highest BCUT2D eigenvalue weighted by atomic mass is 79.9. The Morgan fingerprint density at radius 1 is 0.889 bits per heavy atom. The molecule has 3 saturated heterocycles. The van der Waals surface area contributed by atoms with E-state index in [1.165, 1.54) is 28.1 Å². The van der Waals surface area contributed by atoms with Crippen LogP contribution in [0.4, 0.5) is 5.69 Å². The zero-order valence-corrected chi connectivity index (χ0v) is 32.2. The molecular weight excluding hydrogens is 744 g/mol. The summed E-state index contributed by atoms with van der Waals surface area (Å²) in [6, 6.07) is 18.3. The number of carbonyl (C=O) groups is 3. The van der Waals surface area contributed by atoms with E-state index in [1.54, 1.807) is 6.07 Å². The zero-order chi connectivity index (χ0) is 36.9. The number of imide groups is 1. The fourth-order valence-electron chi connectivity index (χ4n) is 10.7. The number of nitrogens with zero attached hydrogens (tertiary/aromatic N) is 5. The van der Waals surface area contributed by atoms with Crippen LogP contribution in [0, 0.1) is 5.92 Å². The van der Waals surface area contributed by atoms with Crippen LogP contribution in [0.1, 0.15) is 108 Å². The average molecular weight is 790 g/mol. The molecule has 0 radical (unpaired) electrons. The van der Waals surface area contributed by atoms with E-state index in [-0.39, 0.29) is 40.8 Å². The maximum atomic E-state index is 13.5. The van der Waals surface area contributed by atoms with Crippen molar-refractivity contribution in [1.29, 1.82) is 0 Å². The van der Waals surface area contributed by atoms with Gasteiger partial charge in [0.15, 0.2) is 0 Å². The van der Waals surface area contributed by atoms with E-state index in [2.05, 4.69) is 59.9 Å². The van der Waals surface area contributed by atoms with Crippen LogP contribution in [0.15, 0.2) is 63.9 Å². The maximum absolute atomic E-state index is 13.5. The number of hydrogen-bond donors (Lipinski definition) is 1. The number of piperidine rings is 2. The highest BCUT2D eigenvalue weighted by Crippen LogP contribution is 2.52. The molecule has 11 heteroatoms. The number of nitrogens with one attached hydrogen (secondary N) is 1. The first-order valence-corrected chi connectivity index (χ1v) is 20.6. The standard InChI is InChI=1S/C43H45BrN6O4/c1-25-34(12-13-37(51)45-25)50-40(53)30-10-9-29(21-31(30)41(50)54)48-23-26(24-48)22-47-18-14-27(15-19-47)28-8-11-32-36(20-28)49-35-7-5-6-33(44)38(35)39(52)46-42(49)43(32)16-3-2-4-17-43/h5-11,20-21,25-27,34H,2-4,12-19,22-24H2,1H3,(H,45,51). The van der Waals surface area contributed by atoms with Crippen LogP contribution in [0.25, 0.3) is 16.6 Å². The van der Waals surface area contributed by atoms with Gasteiger partial charge in [-0.3, -0.25) is 28.6 Å². The van der Waals surface area contributed by atoms with Gasteiger partial charge in [-0.15, -0.1) is 0 Å². The van der Waals surface area contributed by atoms with E-state index in [1.807, 2.05) is 31.2 Å². The van der Waals surface area contributed by atoms with Gasteiger partial charge in [0.05, 0.1) is 39.2 Å². The van der Waals surface area contributed by atoms with Gasteiger partial charge in [0.25, 0.3) is 17.4 Å². The van der Waals surface area contributed by atoms with Crippen LogP contribution in [-0.2, 0) is 10.2 Å². The average Bonchev–Trinajstić information content (AvgIpc) is 3.56. The molecule has 6 heterocycles. The van der Waals surface area contributed by atoms with Crippen molar-refractivity contribution in [3.63, 3.8) is 0 Å². The summed E-state index contributed by atoms with van der Waals surface area (Å²) in [6.45, 7) is 6.92. The van der Waals surface area contributed by atoms with Gasteiger partial charge in [-0.2, -0.15) is 4.98 Å². The molecule has 278 valence electrons. The van der Waals surface area contributed by atoms with Crippen LogP contribution in [0.5, 0.6) is 0 Å². The molecule has 4 fully saturated rings. The molecule has 3 amide bonds. The minimum atomic E-state index is -0.323. The summed E-state index contributed by atoms with van der Waals surface area (Å²) in [5.41, 5.74) is 6.46. The van der Waals surface area contributed by atoms with Crippen molar-refractivity contribution in [2.75, 3.05) is 37.6 Å². The Morgan fingerprint density at radius 2 is 1.67 bits per heavy atom. The fraction of sp³-hybridized carbons (Fsp3) is 0.465. The molecule has 5 aliphatic heterocycles. The lowest BCUT2D eigenvalue weighted by Gasteiger charge is -2.44. The Morgan fingerprint density at radius 3 is 2.44 bits per heavy atom. The van der Waals surface area contributed by atoms with Gasteiger partial charge >= 0.3 is 0 Å². The van der Waals surface area contributed by atoms with Gasteiger partial charge in [-0.1, -0.05) is 37.5 Å². The largest absolute Gasteiger partial charge is 0.371 e. The number of carbonyl (C=O) groups excluding carboxylic acids is 3. The van der Waals surface area contributed by atoms with Crippen molar-refractivity contribution in [2.24, 2.45) is 5.92 Å². The molecule has 1 spiro atoms. The Hall–Kier alpha value is -4.35. The molecule has 1 N–H and O–H groups in total. The zero-order valence-electron chi connectivity index (χ0n) is 30.7. The number of amides is 3. The molecule has 1 saturated carbocycles. The third-order valence-electron chi connectivity index (χ3n) is 13.5. The molecule has 1 aliphatic carbocycles. The second kappa shape index (κ2) is 12.9. The molecular formula is C43H45BrN6O4. The van der Waals surface area contributed by atoms with Gasteiger partial charge in [0.1, 0.15) is 5.82 Å². The second-order valence-corrected chi connectivity index (χ2v) is 17.5. The van der Waals surface area contributed by atoms with Crippen molar-refractivity contribution in [3.8, 4) is 5.69 Å². The lowest BCUT2D eigenvalue weighted by molar-refractivity contribution is -0.124. The summed E-state index contributed by atoms with van der Waals surface area (Å²) in [5, 5.41) is 3.55.